The van der Waals surface area contributed by atoms with Crippen molar-refractivity contribution in [2.45, 2.75) is 77.5 Å². The molecule has 0 bridgehead atoms. The lowest BCUT2D eigenvalue weighted by Crippen LogP contribution is -2.34. The summed E-state index contributed by atoms with van der Waals surface area (Å²) in [5.41, 5.74) is 1.27. The third kappa shape index (κ3) is 3.89. The Hall–Kier alpha value is -0.800. The predicted molar refractivity (Wildman–Crippen MR) is 86.1 cm³/mol. The molecule has 1 aliphatic heterocycles. The quantitative estimate of drug-likeness (QED) is 0.860. The monoisotopic (exact) mass is 290 g/mol. The van der Waals surface area contributed by atoms with Crippen molar-refractivity contribution in [2.75, 3.05) is 6.54 Å². The minimum Gasteiger partial charge on any atom is -0.468 e. The normalized spacial score (nSPS) is 24.4. The maximum atomic E-state index is 5.79. The molecule has 1 atom stereocenters. The van der Waals surface area contributed by atoms with Gasteiger partial charge in [-0.3, -0.25) is 4.90 Å². The van der Waals surface area contributed by atoms with Crippen LogP contribution in [0.25, 0.3) is 0 Å². The molecule has 118 valence electrons. The van der Waals surface area contributed by atoms with Gasteiger partial charge in [0.1, 0.15) is 5.76 Å². The molecule has 3 heteroatoms. The van der Waals surface area contributed by atoms with E-state index in [1.54, 1.807) is 0 Å². The molecule has 1 aromatic rings. The zero-order valence-corrected chi connectivity index (χ0v) is 13.6. The summed E-state index contributed by atoms with van der Waals surface area (Å²) >= 11 is 0. The van der Waals surface area contributed by atoms with Crippen LogP contribution in [0, 0.1) is 5.92 Å². The van der Waals surface area contributed by atoms with Crippen molar-refractivity contribution < 1.29 is 4.42 Å². The highest BCUT2D eigenvalue weighted by atomic mass is 16.3. The van der Waals surface area contributed by atoms with E-state index in [1.807, 2.05) is 6.26 Å². The molecule has 2 fully saturated rings. The minimum absolute atomic E-state index is 0.522. The summed E-state index contributed by atoms with van der Waals surface area (Å²) < 4.78 is 5.79. The van der Waals surface area contributed by atoms with Crippen LogP contribution in [0.4, 0.5) is 0 Å². The van der Waals surface area contributed by atoms with Crippen LogP contribution in [-0.2, 0) is 13.1 Å². The standard InChI is InChI=1S/C18H30N2O/c1-14(2)19-11-15-10-17(21-13-15)12-20-9-5-8-18(20)16-6-3-4-7-16/h10,13-14,16,18-19H,3-9,11-12H2,1-2H3. The van der Waals surface area contributed by atoms with Gasteiger partial charge in [-0.2, -0.15) is 0 Å². The van der Waals surface area contributed by atoms with E-state index < -0.39 is 0 Å². The lowest BCUT2D eigenvalue weighted by atomic mass is 9.96. The van der Waals surface area contributed by atoms with Crippen molar-refractivity contribution >= 4 is 0 Å². The van der Waals surface area contributed by atoms with Crippen molar-refractivity contribution in [3.05, 3.63) is 23.7 Å². The molecule has 0 radical (unpaired) electrons. The summed E-state index contributed by atoms with van der Waals surface area (Å²) in [7, 11) is 0. The van der Waals surface area contributed by atoms with Crippen LogP contribution in [0.2, 0.25) is 0 Å². The summed E-state index contributed by atoms with van der Waals surface area (Å²) in [5, 5.41) is 3.45. The number of rotatable bonds is 6. The fraction of sp³-hybridized carbons (Fsp3) is 0.778. The van der Waals surface area contributed by atoms with Crippen LogP contribution in [0.1, 0.15) is 63.7 Å². The average Bonchev–Trinajstić information content (AvgIpc) is 3.18. The maximum Gasteiger partial charge on any atom is 0.118 e. The van der Waals surface area contributed by atoms with Gasteiger partial charge in [-0.1, -0.05) is 26.7 Å². The van der Waals surface area contributed by atoms with Crippen LogP contribution in [-0.4, -0.2) is 23.5 Å². The summed E-state index contributed by atoms with van der Waals surface area (Å²) in [5.74, 6) is 2.09. The second-order valence-corrected chi connectivity index (χ2v) is 7.18. The summed E-state index contributed by atoms with van der Waals surface area (Å²) in [6.45, 7) is 7.52. The molecule has 3 nitrogen and oxygen atoms in total. The van der Waals surface area contributed by atoms with Gasteiger partial charge in [-0.15, -0.1) is 0 Å². The second kappa shape index (κ2) is 6.97. The minimum atomic E-state index is 0.522. The summed E-state index contributed by atoms with van der Waals surface area (Å²) in [4.78, 5) is 2.68. The maximum absolute atomic E-state index is 5.79. The predicted octanol–water partition coefficient (Wildman–Crippen LogP) is 3.93. The first-order valence-electron chi connectivity index (χ1n) is 8.76. The molecule has 1 unspecified atom stereocenters. The lowest BCUT2D eigenvalue weighted by molar-refractivity contribution is 0.171. The summed E-state index contributed by atoms with van der Waals surface area (Å²) in [6, 6.07) is 3.57. The molecule has 1 aromatic heterocycles. The number of furan rings is 1. The van der Waals surface area contributed by atoms with Crippen LogP contribution in [0.15, 0.2) is 16.7 Å². The Kier molecular flexibility index (Phi) is 5.02. The van der Waals surface area contributed by atoms with E-state index in [2.05, 4.69) is 30.1 Å². The average molecular weight is 290 g/mol. The number of nitrogens with zero attached hydrogens (tertiary/aromatic N) is 1. The smallest absolute Gasteiger partial charge is 0.118 e. The first-order chi connectivity index (χ1) is 10.2. The molecule has 1 aliphatic carbocycles. The molecule has 1 saturated carbocycles. The molecule has 3 rings (SSSR count). The zero-order valence-electron chi connectivity index (χ0n) is 13.6. The molecule has 0 aromatic carbocycles. The number of nitrogens with one attached hydrogen (secondary N) is 1. The number of hydrogen-bond donors (Lipinski definition) is 1. The van der Waals surface area contributed by atoms with E-state index in [9.17, 15) is 0 Å². The van der Waals surface area contributed by atoms with E-state index in [0.717, 1.165) is 30.8 Å². The molecule has 0 spiro atoms. The van der Waals surface area contributed by atoms with Gasteiger partial charge in [0.25, 0.3) is 0 Å². The van der Waals surface area contributed by atoms with E-state index in [4.69, 9.17) is 4.42 Å². The fourth-order valence-electron chi connectivity index (χ4n) is 4.05. The SMILES string of the molecule is CC(C)NCc1coc(CN2CCCC2C2CCCC2)c1. The van der Waals surface area contributed by atoms with Crippen molar-refractivity contribution in [3.8, 4) is 0 Å². The van der Waals surface area contributed by atoms with Crippen LogP contribution in [0.3, 0.4) is 0 Å². The van der Waals surface area contributed by atoms with Crippen molar-refractivity contribution in [1.29, 1.82) is 0 Å². The third-order valence-corrected chi connectivity index (χ3v) is 5.14. The highest BCUT2D eigenvalue weighted by molar-refractivity contribution is 5.13. The Morgan fingerprint density at radius 2 is 2.05 bits per heavy atom. The van der Waals surface area contributed by atoms with Gasteiger partial charge in [0, 0.05) is 24.2 Å². The molecule has 21 heavy (non-hydrogen) atoms. The Labute approximate surface area is 129 Å². The van der Waals surface area contributed by atoms with E-state index >= 15 is 0 Å². The summed E-state index contributed by atoms with van der Waals surface area (Å²) in [6.07, 6.45) is 10.5. The molecule has 2 heterocycles. The fourth-order valence-corrected chi connectivity index (χ4v) is 4.05. The van der Waals surface area contributed by atoms with Gasteiger partial charge >= 0.3 is 0 Å². The number of hydrogen-bond acceptors (Lipinski definition) is 3. The van der Waals surface area contributed by atoms with Crippen molar-refractivity contribution in [3.63, 3.8) is 0 Å². The van der Waals surface area contributed by atoms with E-state index in [1.165, 1.54) is 50.6 Å². The lowest BCUT2D eigenvalue weighted by Gasteiger charge is -2.28. The third-order valence-electron chi connectivity index (χ3n) is 5.14. The highest BCUT2D eigenvalue weighted by Crippen LogP contribution is 2.36. The molecule has 1 N–H and O–H groups in total. The molecule has 1 saturated heterocycles. The van der Waals surface area contributed by atoms with Crippen molar-refractivity contribution in [1.82, 2.24) is 10.2 Å². The van der Waals surface area contributed by atoms with E-state index in [0.29, 0.717) is 6.04 Å². The van der Waals surface area contributed by atoms with Crippen LogP contribution >= 0.6 is 0 Å². The Balaban J connectivity index is 1.55. The molecule has 2 aliphatic rings. The van der Waals surface area contributed by atoms with Crippen LogP contribution < -0.4 is 5.32 Å². The van der Waals surface area contributed by atoms with Gasteiger partial charge in [0.05, 0.1) is 12.8 Å². The first kappa shape index (κ1) is 15.1. The Morgan fingerprint density at radius 1 is 1.24 bits per heavy atom. The van der Waals surface area contributed by atoms with Gasteiger partial charge in [-0.25, -0.2) is 0 Å². The van der Waals surface area contributed by atoms with Crippen molar-refractivity contribution in [2.24, 2.45) is 5.92 Å². The largest absolute Gasteiger partial charge is 0.468 e. The molecular formula is C18H30N2O. The van der Waals surface area contributed by atoms with Gasteiger partial charge in [0.2, 0.25) is 0 Å². The van der Waals surface area contributed by atoms with Gasteiger partial charge in [0.15, 0.2) is 0 Å². The topological polar surface area (TPSA) is 28.4 Å². The van der Waals surface area contributed by atoms with Gasteiger partial charge < -0.3 is 9.73 Å². The zero-order chi connectivity index (χ0) is 14.7. The number of likely N-dealkylation sites (tertiary alicyclic amines) is 1. The Bertz CT molecular complexity index is 434. The Morgan fingerprint density at radius 3 is 2.81 bits per heavy atom. The molecular weight excluding hydrogens is 260 g/mol. The first-order valence-corrected chi connectivity index (χ1v) is 8.76. The van der Waals surface area contributed by atoms with Crippen LogP contribution in [0.5, 0.6) is 0 Å². The second-order valence-electron chi connectivity index (χ2n) is 7.18. The highest BCUT2D eigenvalue weighted by Gasteiger charge is 2.33. The van der Waals surface area contributed by atoms with Gasteiger partial charge in [-0.05, 0) is 44.2 Å². The van der Waals surface area contributed by atoms with E-state index in [-0.39, 0.29) is 0 Å². The molecule has 0 amide bonds.